The summed E-state index contributed by atoms with van der Waals surface area (Å²) in [4.78, 5) is 14.2. The Morgan fingerprint density at radius 2 is 1.96 bits per heavy atom. The van der Waals surface area contributed by atoms with Crippen LogP contribution in [0, 0.1) is 0 Å². The van der Waals surface area contributed by atoms with Crippen LogP contribution in [-0.2, 0) is 10.0 Å². The van der Waals surface area contributed by atoms with E-state index in [1.54, 1.807) is 43.1 Å². The minimum absolute atomic E-state index is 0. The largest absolute Gasteiger partial charge is 0.399 e. The standard InChI is InChI=1S/C15H23N3O3S.ClH/c1-3-22(20,21)17(2)14-7-9-18(10-8-14)15(19)12-5-4-6-13(16)11-12;/h4-6,11,14H,3,7-10,16H2,1-2H3;1H. The molecule has 1 aliphatic rings. The highest BCUT2D eigenvalue weighted by Gasteiger charge is 2.30. The smallest absolute Gasteiger partial charge is 0.253 e. The lowest BCUT2D eigenvalue weighted by atomic mass is 10.0. The van der Waals surface area contributed by atoms with Crippen molar-refractivity contribution in [1.29, 1.82) is 0 Å². The fourth-order valence-electron chi connectivity index (χ4n) is 2.72. The summed E-state index contributed by atoms with van der Waals surface area (Å²) >= 11 is 0. The number of carbonyl (C=O) groups is 1. The van der Waals surface area contributed by atoms with Crippen molar-refractivity contribution in [3.63, 3.8) is 0 Å². The van der Waals surface area contributed by atoms with Gasteiger partial charge in [-0.2, -0.15) is 0 Å². The molecule has 6 nitrogen and oxygen atoms in total. The van der Waals surface area contributed by atoms with Crippen LogP contribution in [0.25, 0.3) is 0 Å². The van der Waals surface area contributed by atoms with Gasteiger partial charge < -0.3 is 10.6 Å². The molecule has 1 aromatic carbocycles. The molecule has 8 heteroatoms. The fraction of sp³-hybridized carbons (Fsp3) is 0.533. The number of nitrogen functional groups attached to an aromatic ring is 1. The Morgan fingerprint density at radius 1 is 1.35 bits per heavy atom. The predicted octanol–water partition coefficient (Wildman–Crippen LogP) is 1.58. The van der Waals surface area contributed by atoms with Crippen LogP contribution in [0.3, 0.4) is 0 Å². The average molecular weight is 362 g/mol. The maximum Gasteiger partial charge on any atom is 0.253 e. The third-order valence-electron chi connectivity index (χ3n) is 4.20. The van der Waals surface area contributed by atoms with Gasteiger partial charge in [0.15, 0.2) is 0 Å². The number of benzene rings is 1. The lowest BCUT2D eigenvalue weighted by molar-refractivity contribution is 0.0686. The van der Waals surface area contributed by atoms with Gasteiger partial charge in [0.2, 0.25) is 10.0 Å². The van der Waals surface area contributed by atoms with Gasteiger partial charge in [0.1, 0.15) is 0 Å². The Hall–Kier alpha value is -1.31. The molecule has 23 heavy (non-hydrogen) atoms. The van der Waals surface area contributed by atoms with Gasteiger partial charge >= 0.3 is 0 Å². The second kappa shape index (κ2) is 7.99. The Balaban J connectivity index is 0.00000264. The molecule has 0 atom stereocenters. The van der Waals surface area contributed by atoms with Crippen molar-refractivity contribution in [2.24, 2.45) is 0 Å². The van der Waals surface area contributed by atoms with Gasteiger partial charge in [-0.05, 0) is 38.0 Å². The molecule has 0 radical (unpaired) electrons. The SMILES string of the molecule is CCS(=O)(=O)N(C)C1CCN(C(=O)c2cccc(N)c2)CC1.Cl. The van der Waals surface area contributed by atoms with Gasteiger partial charge in [0.05, 0.1) is 5.75 Å². The first-order valence-corrected chi connectivity index (χ1v) is 9.06. The summed E-state index contributed by atoms with van der Waals surface area (Å²) in [6, 6.07) is 6.89. The maximum atomic E-state index is 12.4. The number of nitrogens with two attached hydrogens (primary N) is 1. The summed E-state index contributed by atoms with van der Waals surface area (Å²) in [6.07, 6.45) is 1.31. The van der Waals surface area contributed by atoms with Crippen LogP contribution in [0.15, 0.2) is 24.3 Å². The number of carbonyl (C=O) groups excluding carboxylic acids is 1. The summed E-state index contributed by atoms with van der Waals surface area (Å²) in [7, 11) is -1.56. The number of likely N-dealkylation sites (tertiary alicyclic amines) is 1. The minimum atomic E-state index is -3.18. The molecule has 0 unspecified atom stereocenters. The van der Waals surface area contributed by atoms with E-state index < -0.39 is 10.0 Å². The van der Waals surface area contributed by atoms with E-state index in [1.165, 1.54) is 4.31 Å². The number of sulfonamides is 1. The first-order valence-electron chi connectivity index (χ1n) is 7.45. The number of piperidine rings is 1. The first kappa shape index (κ1) is 19.7. The molecule has 0 aromatic heterocycles. The molecule has 2 N–H and O–H groups in total. The lowest BCUT2D eigenvalue weighted by Gasteiger charge is -2.36. The zero-order chi connectivity index (χ0) is 16.3. The van der Waals surface area contributed by atoms with Crippen LogP contribution in [0.2, 0.25) is 0 Å². The van der Waals surface area contributed by atoms with Gasteiger partial charge in [-0.3, -0.25) is 4.79 Å². The highest BCUT2D eigenvalue weighted by atomic mass is 35.5. The van der Waals surface area contributed by atoms with Crippen molar-refractivity contribution in [2.45, 2.75) is 25.8 Å². The highest BCUT2D eigenvalue weighted by molar-refractivity contribution is 7.89. The van der Waals surface area contributed by atoms with Crippen LogP contribution in [0.5, 0.6) is 0 Å². The first-order chi connectivity index (χ1) is 10.3. The van der Waals surface area contributed by atoms with Crippen molar-refractivity contribution in [3.8, 4) is 0 Å². The van der Waals surface area contributed by atoms with E-state index in [0.29, 0.717) is 37.2 Å². The Morgan fingerprint density at radius 3 is 2.48 bits per heavy atom. The van der Waals surface area contributed by atoms with Crippen molar-refractivity contribution in [1.82, 2.24) is 9.21 Å². The predicted molar refractivity (Wildman–Crippen MR) is 94.3 cm³/mol. The van der Waals surface area contributed by atoms with Crippen LogP contribution < -0.4 is 5.73 Å². The van der Waals surface area contributed by atoms with Gasteiger partial charge in [-0.15, -0.1) is 12.4 Å². The molecular weight excluding hydrogens is 338 g/mol. The number of hydrogen-bond acceptors (Lipinski definition) is 4. The van der Waals surface area contributed by atoms with Crippen molar-refractivity contribution >= 4 is 34.0 Å². The maximum absolute atomic E-state index is 12.4. The Kier molecular flexibility index (Phi) is 6.85. The topological polar surface area (TPSA) is 83.7 Å². The van der Waals surface area contributed by atoms with Crippen molar-refractivity contribution < 1.29 is 13.2 Å². The summed E-state index contributed by atoms with van der Waals surface area (Å²) in [6.45, 7) is 2.76. The number of amides is 1. The van der Waals surface area contributed by atoms with E-state index in [4.69, 9.17) is 5.73 Å². The van der Waals surface area contributed by atoms with Crippen LogP contribution >= 0.6 is 12.4 Å². The molecule has 2 rings (SSSR count). The van der Waals surface area contributed by atoms with Gasteiger partial charge in [0.25, 0.3) is 5.91 Å². The molecule has 1 saturated heterocycles. The van der Waals surface area contributed by atoms with Crippen LogP contribution in [0.1, 0.15) is 30.1 Å². The molecule has 1 amide bonds. The second-order valence-corrected chi connectivity index (χ2v) is 7.88. The lowest BCUT2D eigenvalue weighted by Crippen LogP contribution is -2.47. The Labute approximate surface area is 144 Å². The molecule has 0 spiro atoms. The summed E-state index contributed by atoms with van der Waals surface area (Å²) in [5.74, 6) is 0.0538. The highest BCUT2D eigenvalue weighted by Crippen LogP contribution is 2.20. The van der Waals surface area contributed by atoms with Crippen LogP contribution in [0.4, 0.5) is 5.69 Å². The number of halogens is 1. The number of rotatable bonds is 4. The van der Waals surface area contributed by atoms with E-state index in [0.717, 1.165) is 0 Å². The number of hydrogen-bond donors (Lipinski definition) is 1. The number of nitrogens with zero attached hydrogens (tertiary/aromatic N) is 2. The normalized spacial score (nSPS) is 16.2. The summed E-state index contributed by atoms with van der Waals surface area (Å²) in [5, 5.41) is 0. The molecule has 1 aliphatic heterocycles. The van der Waals surface area contributed by atoms with Crippen LogP contribution in [-0.4, -0.2) is 55.5 Å². The van der Waals surface area contributed by atoms with E-state index >= 15 is 0 Å². The third-order valence-corrected chi connectivity index (χ3v) is 6.11. The zero-order valence-electron chi connectivity index (χ0n) is 13.4. The third kappa shape index (κ3) is 4.59. The molecule has 1 fully saturated rings. The zero-order valence-corrected chi connectivity index (χ0v) is 15.1. The molecule has 0 bridgehead atoms. The Bertz CT molecular complexity index is 643. The summed E-state index contributed by atoms with van der Waals surface area (Å²) < 4.78 is 25.3. The molecular formula is C15H24ClN3O3S. The van der Waals surface area contributed by atoms with Gasteiger partial charge in [-0.1, -0.05) is 6.07 Å². The monoisotopic (exact) mass is 361 g/mol. The van der Waals surface area contributed by atoms with Gasteiger partial charge in [0, 0.05) is 37.4 Å². The van der Waals surface area contributed by atoms with E-state index in [2.05, 4.69) is 0 Å². The summed E-state index contributed by atoms with van der Waals surface area (Å²) in [5.41, 5.74) is 6.85. The molecule has 1 heterocycles. The fourth-order valence-corrected chi connectivity index (χ4v) is 3.79. The van der Waals surface area contributed by atoms with E-state index in [-0.39, 0.29) is 30.1 Å². The molecule has 130 valence electrons. The van der Waals surface area contributed by atoms with E-state index in [9.17, 15) is 13.2 Å². The molecule has 1 aromatic rings. The molecule has 0 saturated carbocycles. The van der Waals surface area contributed by atoms with Crippen molar-refractivity contribution in [2.75, 3.05) is 31.6 Å². The quantitative estimate of drug-likeness (QED) is 0.825. The number of anilines is 1. The average Bonchev–Trinajstić information content (AvgIpc) is 2.53. The molecule has 0 aliphatic carbocycles. The minimum Gasteiger partial charge on any atom is -0.399 e. The van der Waals surface area contributed by atoms with Gasteiger partial charge in [-0.25, -0.2) is 12.7 Å². The second-order valence-electron chi connectivity index (χ2n) is 5.57. The van der Waals surface area contributed by atoms with E-state index in [1.807, 2.05) is 0 Å². The van der Waals surface area contributed by atoms with Crippen molar-refractivity contribution in [3.05, 3.63) is 29.8 Å².